The van der Waals surface area contributed by atoms with E-state index in [1.165, 1.54) is 19.2 Å². The van der Waals surface area contributed by atoms with Gasteiger partial charge in [0, 0.05) is 25.2 Å². The minimum absolute atomic E-state index is 0.0614. The fraction of sp³-hybridized carbons (Fsp3) is 0.235. The first kappa shape index (κ1) is 17.4. The zero-order valence-electron chi connectivity index (χ0n) is 13.4. The number of amides is 1. The van der Waals surface area contributed by atoms with E-state index >= 15 is 0 Å². The Morgan fingerprint density at radius 1 is 1.29 bits per heavy atom. The number of ether oxygens (including phenoxy) is 2. The van der Waals surface area contributed by atoms with Crippen molar-refractivity contribution in [2.75, 3.05) is 7.11 Å². The Balaban J connectivity index is 2.58. The minimum atomic E-state index is -0.750. The number of non-ortho nitro benzene ring substituents is 1. The number of carbonyl (C=O) groups is 1. The molecule has 1 unspecified atom stereocenters. The average Bonchev–Trinajstić information content (AvgIpc) is 2.56. The van der Waals surface area contributed by atoms with Crippen LogP contribution in [0.5, 0.6) is 5.75 Å². The molecule has 0 bridgehead atoms. The number of hydrogen-bond donors (Lipinski definition) is 1. The van der Waals surface area contributed by atoms with Gasteiger partial charge in [0.05, 0.1) is 16.6 Å². The van der Waals surface area contributed by atoms with Crippen molar-refractivity contribution < 1.29 is 19.2 Å². The molecule has 0 fully saturated rings. The van der Waals surface area contributed by atoms with Crippen LogP contribution >= 0.6 is 0 Å². The van der Waals surface area contributed by atoms with Crippen molar-refractivity contribution in [3.8, 4) is 5.75 Å². The summed E-state index contributed by atoms with van der Waals surface area (Å²) in [6.45, 7) is 1.65. The summed E-state index contributed by atoms with van der Waals surface area (Å²) in [4.78, 5) is 22.3. The number of benzene rings is 2. The average molecular weight is 330 g/mol. The molecule has 1 atom stereocenters. The molecule has 0 saturated heterocycles. The van der Waals surface area contributed by atoms with E-state index < -0.39 is 17.1 Å². The first-order valence-electron chi connectivity index (χ1n) is 7.27. The van der Waals surface area contributed by atoms with Crippen molar-refractivity contribution in [1.29, 1.82) is 0 Å². The van der Waals surface area contributed by atoms with Crippen LogP contribution in [0.4, 0.5) is 5.69 Å². The number of nitrogens with two attached hydrogens (primary N) is 1. The van der Waals surface area contributed by atoms with E-state index in [1.807, 2.05) is 30.3 Å². The monoisotopic (exact) mass is 330 g/mol. The van der Waals surface area contributed by atoms with Crippen molar-refractivity contribution in [1.82, 2.24) is 0 Å². The van der Waals surface area contributed by atoms with Gasteiger partial charge in [-0.1, -0.05) is 30.3 Å². The molecule has 2 rings (SSSR count). The van der Waals surface area contributed by atoms with E-state index in [-0.39, 0.29) is 17.0 Å². The van der Waals surface area contributed by atoms with Gasteiger partial charge in [0.25, 0.3) is 5.69 Å². The van der Waals surface area contributed by atoms with E-state index in [0.29, 0.717) is 12.0 Å². The molecule has 0 heterocycles. The van der Waals surface area contributed by atoms with Crippen molar-refractivity contribution in [3.63, 3.8) is 0 Å². The van der Waals surface area contributed by atoms with Crippen molar-refractivity contribution in [3.05, 3.63) is 69.3 Å². The first-order valence-corrected chi connectivity index (χ1v) is 7.27. The van der Waals surface area contributed by atoms with Crippen molar-refractivity contribution in [2.24, 2.45) is 5.73 Å². The molecule has 0 aliphatic rings. The number of carbonyl (C=O) groups excluding carboxylic acids is 1. The first-order chi connectivity index (χ1) is 11.4. The summed E-state index contributed by atoms with van der Waals surface area (Å²) in [6.07, 6.45) is -0.287. The zero-order valence-corrected chi connectivity index (χ0v) is 13.4. The Morgan fingerprint density at radius 2 is 1.96 bits per heavy atom. The Labute approximate surface area is 139 Å². The molecular weight excluding hydrogens is 312 g/mol. The van der Waals surface area contributed by atoms with Crippen molar-refractivity contribution >= 4 is 11.6 Å². The molecule has 0 aliphatic heterocycles. The molecule has 2 N–H and O–H groups in total. The summed E-state index contributed by atoms with van der Waals surface area (Å²) >= 11 is 0. The molecule has 2 aromatic carbocycles. The second-order valence-corrected chi connectivity index (χ2v) is 5.17. The Bertz CT molecular complexity index is 746. The van der Waals surface area contributed by atoms with Crippen molar-refractivity contribution in [2.45, 2.75) is 19.6 Å². The van der Waals surface area contributed by atoms with E-state index in [0.717, 1.165) is 5.56 Å². The van der Waals surface area contributed by atoms with Gasteiger partial charge in [-0.15, -0.1) is 0 Å². The molecule has 0 radical (unpaired) electrons. The molecule has 7 heteroatoms. The largest absolute Gasteiger partial charge is 0.465 e. The Hall–Kier alpha value is -2.93. The number of primary amides is 1. The van der Waals surface area contributed by atoms with Gasteiger partial charge in [-0.05, 0) is 12.5 Å². The zero-order chi connectivity index (χ0) is 17.7. The molecule has 0 spiro atoms. The highest BCUT2D eigenvalue weighted by atomic mass is 16.7. The number of nitrogens with zero attached hydrogens (tertiary/aromatic N) is 1. The highest BCUT2D eigenvalue weighted by Crippen LogP contribution is 2.31. The highest BCUT2D eigenvalue weighted by molar-refractivity contribution is 5.96. The lowest BCUT2D eigenvalue weighted by Crippen LogP contribution is -2.19. The lowest BCUT2D eigenvalue weighted by atomic mass is 9.97. The number of hydrogen-bond acceptors (Lipinski definition) is 5. The van der Waals surface area contributed by atoms with E-state index in [1.54, 1.807) is 6.92 Å². The summed E-state index contributed by atoms with van der Waals surface area (Å²) in [7, 11) is 1.45. The lowest BCUT2D eigenvalue weighted by molar-refractivity contribution is -0.385. The number of rotatable bonds is 7. The standard InChI is InChI=1S/C17H18N2O5/c1-11(23-2)24-16-10-13(19(21)22)9-15(17(18)20)14(16)8-12-6-4-3-5-7-12/h3-7,9-11H,8H2,1-2H3,(H2,18,20). The van der Waals surface area contributed by atoms with Crippen LogP contribution in [0.1, 0.15) is 28.4 Å². The third-order valence-corrected chi connectivity index (χ3v) is 3.52. The molecule has 7 nitrogen and oxygen atoms in total. The molecule has 24 heavy (non-hydrogen) atoms. The summed E-state index contributed by atoms with van der Waals surface area (Å²) in [5, 5.41) is 11.1. The summed E-state index contributed by atoms with van der Waals surface area (Å²) in [5.41, 5.74) is 6.63. The van der Waals surface area contributed by atoms with Gasteiger partial charge in [0.2, 0.25) is 5.91 Å². The van der Waals surface area contributed by atoms with E-state index in [4.69, 9.17) is 15.2 Å². The van der Waals surface area contributed by atoms with Gasteiger partial charge in [-0.3, -0.25) is 14.9 Å². The number of methoxy groups -OCH3 is 1. The number of nitro benzene ring substituents is 1. The molecular formula is C17H18N2O5. The summed E-state index contributed by atoms with van der Waals surface area (Å²) < 4.78 is 10.7. The topological polar surface area (TPSA) is 105 Å². The second kappa shape index (κ2) is 7.56. The smallest absolute Gasteiger partial charge is 0.273 e. The highest BCUT2D eigenvalue weighted by Gasteiger charge is 2.22. The predicted octanol–water partition coefficient (Wildman–Crippen LogP) is 2.66. The van der Waals surface area contributed by atoms with Gasteiger partial charge in [0.15, 0.2) is 6.29 Å². The third kappa shape index (κ3) is 4.08. The van der Waals surface area contributed by atoms with Crippen LogP contribution in [-0.2, 0) is 11.2 Å². The molecule has 0 aliphatic carbocycles. The molecule has 0 saturated carbocycles. The lowest BCUT2D eigenvalue weighted by Gasteiger charge is -2.18. The minimum Gasteiger partial charge on any atom is -0.465 e. The SMILES string of the molecule is COC(C)Oc1cc([N+](=O)[O-])cc(C(N)=O)c1Cc1ccccc1. The second-order valence-electron chi connectivity index (χ2n) is 5.17. The Morgan fingerprint density at radius 3 is 2.50 bits per heavy atom. The fourth-order valence-corrected chi connectivity index (χ4v) is 2.27. The molecule has 2 aromatic rings. The van der Waals surface area contributed by atoms with Gasteiger partial charge in [0.1, 0.15) is 5.75 Å². The van der Waals surface area contributed by atoms with Crippen LogP contribution in [0.15, 0.2) is 42.5 Å². The van der Waals surface area contributed by atoms with E-state index in [2.05, 4.69) is 0 Å². The maximum atomic E-state index is 11.8. The number of nitro groups is 1. The molecule has 1 amide bonds. The predicted molar refractivity (Wildman–Crippen MR) is 88.0 cm³/mol. The maximum absolute atomic E-state index is 11.8. The van der Waals surface area contributed by atoms with Crippen LogP contribution in [-0.4, -0.2) is 24.2 Å². The third-order valence-electron chi connectivity index (χ3n) is 3.52. The van der Waals surface area contributed by atoms with Crippen LogP contribution in [0.3, 0.4) is 0 Å². The fourth-order valence-electron chi connectivity index (χ4n) is 2.27. The summed E-state index contributed by atoms with van der Waals surface area (Å²) in [6, 6.07) is 11.8. The normalized spacial score (nSPS) is 11.8. The summed E-state index contributed by atoms with van der Waals surface area (Å²) in [5.74, 6) is -0.546. The van der Waals surface area contributed by atoms with Gasteiger partial charge < -0.3 is 15.2 Å². The van der Waals surface area contributed by atoms with Crippen LogP contribution in [0.25, 0.3) is 0 Å². The molecule has 0 aromatic heterocycles. The Kier molecular flexibility index (Phi) is 5.49. The molecule has 126 valence electrons. The van der Waals surface area contributed by atoms with Crippen LogP contribution in [0, 0.1) is 10.1 Å². The van der Waals surface area contributed by atoms with Crippen LogP contribution in [0.2, 0.25) is 0 Å². The van der Waals surface area contributed by atoms with Gasteiger partial charge in [-0.2, -0.15) is 0 Å². The van der Waals surface area contributed by atoms with Gasteiger partial charge >= 0.3 is 0 Å². The van der Waals surface area contributed by atoms with E-state index in [9.17, 15) is 14.9 Å². The quantitative estimate of drug-likeness (QED) is 0.477. The maximum Gasteiger partial charge on any atom is 0.273 e. The van der Waals surface area contributed by atoms with Gasteiger partial charge in [-0.25, -0.2) is 0 Å². The van der Waals surface area contributed by atoms with Crippen LogP contribution < -0.4 is 10.5 Å².